The summed E-state index contributed by atoms with van der Waals surface area (Å²) in [6.45, 7) is 0.679. The molecule has 2 atom stereocenters. The molecule has 6 heteroatoms. The lowest BCUT2D eigenvalue weighted by Gasteiger charge is -2.20. The summed E-state index contributed by atoms with van der Waals surface area (Å²) in [7, 11) is 0. The first-order valence-corrected chi connectivity index (χ1v) is 7.52. The number of carbonyl (C=O) groups is 1. The van der Waals surface area contributed by atoms with Crippen LogP contribution in [0.15, 0.2) is 16.6 Å². The summed E-state index contributed by atoms with van der Waals surface area (Å²) < 4.78 is 19.4. The molecule has 2 fully saturated rings. The number of ether oxygens (including phenoxy) is 1. The predicted octanol–water partition coefficient (Wildman–Crippen LogP) is 2.47. The molecule has 1 aromatic rings. The van der Waals surface area contributed by atoms with E-state index in [1.165, 1.54) is 25.0 Å². The van der Waals surface area contributed by atoms with Gasteiger partial charge in [-0.1, -0.05) is 0 Å². The van der Waals surface area contributed by atoms with Crippen LogP contribution < -0.4 is 11.1 Å². The summed E-state index contributed by atoms with van der Waals surface area (Å²) in [4.78, 5) is 12.3. The van der Waals surface area contributed by atoms with Gasteiger partial charge in [0.25, 0.3) is 5.91 Å². The molecular formula is C14H16BrFN2O2. The number of carbonyl (C=O) groups excluding carboxylic acids is 1. The normalized spacial score (nSPS) is 25.7. The van der Waals surface area contributed by atoms with Gasteiger partial charge in [0.05, 0.1) is 23.4 Å². The topological polar surface area (TPSA) is 64.4 Å². The summed E-state index contributed by atoms with van der Waals surface area (Å²) in [5.41, 5.74) is 5.84. The molecule has 1 aliphatic heterocycles. The second kappa shape index (κ2) is 5.33. The van der Waals surface area contributed by atoms with Gasteiger partial charge in [-0.25, -0.2) is 4.39 Å². The summed E-state index contributed by atoms with van der Waals surface area (Å²) in [6.07, 6.45) is 3.28. The molecule has 1 amide bonds. The lowest BCUT2D eigenvalue weighted by molar-refractivity contribution is 0.0729. The van der Waals surface area contributed by atoms with Gasteiger partial charge in [-0.3, -0.25) is 4.79 Å². The highest BCUT2D eigenvalue weighted by atomic mass is 79.9. The molecule has 1 heterocycles. The molecule has 0 aromatic heterocycles. The molecule has 0 spiro atoms. The van der Waals surface area contributed by atoms with Crippen molar-refractivity contribution in [3.05, 3.63) is 28.0 Å². The van der Waals surface area contributed by atoms with Crippen molar-refractivity contribution in [3.8, 4) is 0 Å². The van der Waals surface area contributed by atoms with Crippen LogP contribution in [0.2, 0.25) is 0 Å². The molecule has 3 N–H and O–H groups in total. The van der Waals surface area contributed by atoms with E-state index in [9.17, 15) is 9.18 Å². The summed E-state index contributed by atoms with van der Waals surface area (Å²) in [5, 5.41) is 2.98. The Labute approximate surface area is 125 Å². The Morgan fingerprint density at radius 1 is 1.40 bits per heavy atom. The van der Waals surface area contributed by atoms with Crippen molar-refractivity contribution in [2.75, 3.05) is 12.3 Å². The molecule has 4 nitrogen and oxygen atoms in total. The molecule has 1 aromatic carbocycles. The Kier molecular flexibility index (Phi) is 3.69. The molecule has 2 unspecified atom stereocenters. The minimum absolute atomic E-state index is 0.0280. The summed E-state index contributed by atoms with van der Waals surface area (Å²) in [5.74, 6) is -0.206. The average molecular weight is 343 g/mol. The number of rotatable bonds is 3. The molecule has 2 aliphatic rings. The Morgan fingerprint density at radius 2 is 2.15 bits per heavy atom. The second-order valence-electron chi connectivity index (χ2n) is 5.40. The molecule has 1 saturated carbocycles. The maximum Gasteiger partial charge on any atom is 0.252 e. The third-order valence-electron chi connectivity index (χ3n) is 3.87. The molecule has 108 valence electrons. The van der Waals surface area contributed by atoms with Gasteiger partial charge in [0.15, 0.2) is 0 Å². The van der Waals surface area contributed by atoms with Crippen LogP contribution in [0.4, 0.5) is 10.1 Å². The average Bonchev–Trinajstić information content (AvgIpc) is 3.14. The van der Waals surface area contributed by atoms with Crippen LogP contribution in [0, 0.1) is 11.7 Å². The quantitative estimate of drug-likeness (QED) is 0.829. The van der Waals surface area contributed by atoms with Crippen LogP contribution >= 0.6 is 15.9 Å². The largest absolute Gasteiger partial charge is 0.396 e. The standard InChI is InChI=1S/C14H16BrFN2O2/c15-9-6-10(16)11(17)5-8(9)14(19)18-12-3-4-20-13(12)7-1-2-7/h5-7,12-13H,1-4,17H2,(H,18,19). The van der Waals surface area contributed by atoms with Crippen molar-refractivity contribution in [1.82, 2.24) is 5.32 Å². The molecule has 20 heavy (non-hydrogen) atoms. The lowest BCUT2D eigenvalue weighted by Crippen LogP contribution is -2.41. The van der Waals surface area contributed by atoms with Crippen molar-refractivity contribution in [1.29, 1.82) is 0 Å². The number of hydrogen-bond acceptors (Lipinski definition) is 3. The van der Waals surface area contributed by atoms with Crippen molar-refractivity contribution in [2.24, 2.45) is 5.92 Å². The van der Waals surface area contributed by atoms with E-state index in [0.29, 0.717) is 22.6 Å². The van der Waals surface area contributed by atoms with Gasteiger partial charge < -0.3 is 15.8 Å². The van der Waals surface area contributed by atoms with E-state index < -0.39 is 5.82 Å². The first kappa shape index (κ1) is 13.8. The van der Waals surface area contributed by atoms with Crippen LogP contribution in [0.5, 0.6) is 0 Å². The van der Waals surface area contributed by atoms with Gasteiger partial charge in [-0.05, 0) is 53.2 Å². The number of benzene rings is 1. The molecule has 0 bridgehead atoms. The Balaban J connectivity index is 1.74. The van der Waals surface area contributed by atoms with Gasteiger partial charge in [-0.2, -0.15) is 0 Å². The maximum atomic E-state index is 13.3. The molecule has 1 saturated heterocycles. The number of nitrogens with one attached hydrogen (secondary N) is 1. The van der Waals surface area contributed by atoms with E-state index in [-0.39, 0.29) is 23.7 Å². The highest BCUT2D eigenvalue weighted by Crippen LogP contribution is 2.38. The number of anilines is 1. The fourth-order valence-corrected chi connectivity index (χ4v) is 3.14. The highest BCUT2D eigenvalue weighted by Gasteiger charge is 2.41. The SMILES string of the molecule is Nc1cc(C(=O)NC2CCOC2C2CC2)c(Br)cc1F. The minimum Gasteiger partial charge on any atom is -0.396 e. The van der Waals surface area contributed by atoms with E-state index in [2.05, 4.69) is 21.2 Å². The monoisotopic (exact) mass is 342 g/mol. The molecule has 1 aliphatic carbocycles. The lowest BCUT2D eigenvalue weighted by atomic mass is 10.1. The number of nitrogens with two attached hydrogens (primary N) is 1. The predicted molar refractivity (Wildman–Crippen MR) is 76.8 cm³/mol. The van der Waals surface area contributed by atoms with Gasteiger partial charge >= 0.3 is 0 Å². The zero-order valence-corrected chi connectivity index (χ0v) is 12.5. The Morgan fingerprint density at radius 3 is 2.85 bits per heavy atom. The smallest absolute Gasteiger partial charge is 0.252 e. The Bertz CT molecular complexity index is 548. The number of hydrogen-bond donors (Lipinski definition) is 2. The van der Waals surface area contributed by atoms with Gasteiger partial charge in [0.2, 0.25) is 0 Å². The first-order valence-electron chi connectivity index (χ1n) is 6.73. The summed E-state index contributed by atoms with van der Waals surface area (Å²) >= 11 is 3.20. The first-order chi connectivity index (χ1) is 9.56. The van der Waals surface area contributed by atoms with E-state index in [1.807, 2.05) is 0 Å². The fraction of sp³-hybridized carbons (Fsp3) is 0.500. The third-order valence-corrected chi connectivity index (χ3v) is 4.53. The minimum atomic E-state index is -0.534. The number of amides is 1. The Hall–Kier alpha value is -1.14. The van der Waals surface area contributed by atoms with Crippen molar-refractivity contribution >= 4 is 27.5 Å². The third kappa shape index (κ3) is 2.67. The van der Waals surface area contributed by atoms with Crippen LogP contribution in [0.25, 0.3) is 0 Å². The zero-order valence-electron chi connectivity index (χ0n) is 10.9. The zero-order chi connectivity index (χ0) is 14.3. The van der Waals surface area contributed by atoms with Crippen LogP contribution in [0.3, 0.4) is 0 Å². The van der Waals surface area contributed by atoms with E-state index in [4.69, 9.17) is 10.5 Å². The molecule has 0 radical (unpaired) electrons. The maximum absolute atomic E-state index is 13.3. The van der Waals surface area contributed by atoms with Crippen molar-refractivity contribution in [3.63, 3.8) is 0 Å². The van der Waals surface area contributed by atoms with Gasteiger partial charge in [0.1, 0.15) is 5.82 Å². The number of nitrogen functional groups attached to an aromatic ring is 1. The molecular weight excluding hydrogens is 327 g/mol. The highest BCUT2D eigenvalue weighted by molar-refractivity contribution is 9.10. The fourth-order valence-electron chi connectivity index (χ4n) is 2.64. The van der Waals surface area contributed by atoms with E-state index >= 15 is 0 Å². The van der Waals surface area contributed by atoms with Crippen LogP contribution in [-0.2, 0) is 4.74 Å². The van der Waals surface area contributed by atoms with Gasteiger partial charge in [0, 0.05) is 11.1 Å². The summed E-state index contributed by atoms with van der Waals surface area (Å²) in [6, 6.07) is 2.61. The molecule has 3 rings (SSSR count). The van der Waals surface area contributed by atoms with Crippen LogP contribution in [0.1, 0.15) is 29.6 Å². The van der Waals surface area contributed by atoms with Crippen molar-refractivity contribution < 1.29 is 13.9 Å². The van der Waals surface area contributed by atoms with Crippen molar-refractivity contribution in [2.45, 2.75) is 31.4 Å². The van der Waals surface area contributed by atoms with E-state index in [0.717, 1.165) is 6.42 Å². The van der Waals surface area contributed by atoms with E-state index in [1.54, 1.807) is 0 Å². The second-order valence-corrected chi connectivity index (χ2v) is 6.25. The van der Waals surface area contributed by atoms with Gasteiger partial charge in [-0.15, -0.1) is 0 Å². The number of halogens is 2. The van der Waals surface area contributed by atoms with Crippen LogP contribution in [-0.4, -0.2) is 24.7 Å².